The van der Waals surface area contributed by atoms with E-state index in [1.54, 1.807) is 17.8 Å². The third kappa shape index (κ3) is 4.18. The number of ether oxygens (including phenoxy) is 2. The zero-order valence-electron chi connectivity index (χ0n) is 13.4. The summed E-state index contributed by atoms with van der Waals surface area (Å²) in [6.45, 7) is 3.63. The molecule has 0 aliphatic heterocycles. The van der Waals surface area contributed by atoms with E-state index in [4.69, 9.17) is 4.74 Å². The Kier molecular flexibility index (Phi) is 5.51. The van der Waals surface area contributed by atoms with Crippen LogP contribution in [0, 0.1) is 0 Å². The quantitative estimate of drug-likeness (QED) is 0.766. The van der Waals surface area contributed by atoms with E-state index < -0.39 is 18.0 Å². The summed E-state index contributed by atoms with van der Waals surface area (Å²) in [5, 5.41) is 0. The first-order valence-corrected chi connectivity index (χ1v) is 7.37. The highest BCUT2D eigenvalue weighted by Crippen LogP contribution is 2.20. The molecule has 0 amide bonds. The number of benzene rings is 1. The number of rotatable bonds is 6. The minimum atomic E-state index is -0.565. The van der Waals surface area contributed by atoms with Gasteiger partial charge in [0.05, 0.1) is 32.1 Å². The van der Waals surface area contributed by atoms with Crippen LogP contribution < -0.4 is 0 Å². The van der Waals surface area contributed by atoms with E-state index in [0.29, 0.717) is 5.69 Å². The lowest BCUT2D eigenvalue weighted by Crippen LogP contribution is -2.22. The first kappa shape index (κ1) is 16.7. The van der Waals surface area contributed by atoms with Crippen molar-refractivity contribution >= 4 is 11.9 Å². The van der Waals surface area contributed by atoms with Crippen molar-refractivity contribution in [3.63, 3.8) is 0 Å². The lowest BCUT2D eigenvalue weighted by atomic mass is 10.1. The van der Waals surface area contributed by atoms with Crippen molar-refractivity contribution in [2.75, 3.05) is 7.11 Å². The molecule has 23 heavy (non-hydrogen) atoms. The summed E-state index contributed by atoms with van der Waals surface area (Å²) in [6.07, 6.45) is 2.52. The van der Waals surface area contributed by atoms with Crippen LogP contribution in [-0.4, -0.2) is 34.7 Å². The topological polar surface area (TPSA) is 70.4 Å². The van der Waals surface area contributed by atoms with Gasteiger partial charge in [0.15, 0.2) is 0 Å². The molecule has 1 aromatic carbocycles. The molecule has 0 saturated heterocycles. The Bertz CT molecular complexity index is 666. The Hall–Kier alpha value is -2.63. The lowest BCUT2D eigenvalue weighted by Gasteiger charge is -2.18. The van der Waals surface area contributed by atoms with Gasteiger partial charge in [0, 0.05) is 0 Å². The van der Waals surface area contributed by atoms with Crippen LogP contribution in [-0.2, 0) is 14.3 Å². The molecular formula is C17H20N2O4. The molecule has 1 aromatic heterocycles. The molecule has 122 valence electrons. The van der Waals surface area contributed by atoms with Gasteiger partial charge in [-0.3, -0.25) is 4.79 Å². The fourth-order valence-corrected chi connectivity index (χ4v) is 2.27. The maximum absolute atomic E-state index is 12.3. The Morgan fingerprint density at radius 3 is 2.57 bits per heavy atom. The molecule has 0 fully saturated rings. The van der Waals surface area contributed by atoms with Crippen molar-refractivity contribution in [2.24, 2.45) is 0 Å². The summed E-state index contributed by atoms with van der Waals surface area (Å²) < 4.78 is 11.6. The largest absolute Gasteiger partial charge is 0.469 e. The fraction of sp³-hybridized carbons (Fsp3) is 0.353. The van der Waals surface area contributed by atoms with Gasteiger partial charge in [-0.25, -0.2) is 9.78 Å². The minimum Gasteiger partial charge on any atom is -0.469 e. The first-order valence-electron chi connectivity index (χ1n) is 7.37. The number of carbonyl (C=O) groups excluding carboxylic acids is 2. The van der Waals surface area contributed by atoms with Gasteiger partial charge in [0.2, 0.25) is 0 Å². The van der Waals surface area contributed by atoms with E-state index in [1.165, 1.54) is 13.3 Å². The Morgan fingerprint density at radius 1 is 1.22 bits per heavy atom. The van der Waals surface area contributed by atoms with Gasteiger partial charge in [0.25, 0.3) is 0 Å². The third-order valence-electron chi connectivity index (χ3n) is 3.56. The monoisotopic (exact) mass is 316 g/mol. The maximum atomic E-state index is 12.3. The van der Waals surface area contributed by atoms with Gasteiger partial charge in [-0.1, -0.05) is 30.3 Å². The van der Waals surface area contributed by atoms with Gasteiger partial charge in [-0.05, 0) is 19.4 Å². The summed E-state index contributed by atoms with van der Waals surface area (Å²) >= 11 is 0. The molecule has 2 atom stereocenters. The van der Waals surface area contributed by atoms with E-state index in [2.05, 4.69) is 9.72 Å². The molecule has 0 radical (unpaired) electrons. The van der Waals surface area contributed by atoms with Crippen molar-refractivity contribution < 1.29 is 19.1 Å². The molecule has 0 saturated carbocycles. The first-order chi connectivity index (χ1) is 11.0. The third-order valence-corrected chi connectivity index (χ3v) is 3.56. The van der Waals surface area contributed by atoms with Crippen LogP contribution in [0.5, 0.6) is 0 Å². The second-order valence-electron chi connectivity index (χ2n) is 5.27. The van der Waals surface area contributed by atoms with Gasteiger partial charge in [0.1, 0.15) is 11.8 Å². The van der Waals surface area contributed by atoms with E-state index in [1.807, 2.05) is 37.3 Å². The standard InChI is InChI=1S/C17H20N2O4/c1-12(9-16(20)22-3)23-17(21)15-10-18-11-19(15)13(2)14-7-5-4-6-8-14/h4-8,10-13H,9H2,1-3H3. The molecule has 2 rings (SSSR count). The summed E-state index contributed by atoms with van der Waals surface area (Å²) in [4.78, 5) is 27.6. The molecule has 2 unspecified atom stereocenters. The number of imidazole rings is 1. The average molecular weight is 316 g/mol. The number of nitrogens with zero attached hydrogens (tertiary/aromatic N) is 2. The van der Waals surface area contributed by atoms with Crippen molar-refractivity contribution in [1.29, 1.82) is 0 Å². The van der Waals surface area contributed by atoms with Gasteiger partial charge in [-0.15, -0.1) is 0 Å². The van der Waals surface area contributed by atoms with E-state index in [0.717, 1.165) is 5.56 Å². The average Bonchev–Trinajstić information content (AvgIpc) is 3.04. The molecule has 0 bridgehead atoms. The highest BCUT2D eigenvalue weighted by molar-refractivity contribution is 5.87. The summed E-state index contributed by atoms with van der Waals surface area (Å²) in [7, 11) is 1.30. The zero-order valence-corrected chi connectivity index (χ0v) is 13.4. The molecule has 2 aromatic rings. The van der Waals surface area contributed by atoms with Crippen molar-refractivity contribution in [3.05, 3.63) is 54.1 Å². The van der Waals surface area contributed by atoms with Crippen LogP contribution >= 0.6 is 0 Å². The Labute approximate surface area is 135 Å². The number of esters is 2. The number of aromatic nitrogens is 2. The van der Waals surface area contributed by atoms with E-state index in [9.17, 15) is 9.59 Å². The van der Waals surface area contributed by atoms with Crippen LogP contribution in [0.4, 0.5) is 0 Å². The minimum absolute atomic E-state index is 0.0185. The zero-order chi connectivity index (χ0) is 16.8. The number of hydrogen-bond donors (Lipinski definition) is 0. The highest BCUT2D eigenvalue weighted by atomic mass is 16.6. The summed E-state index contributed by atoms with van der Waals surface area (Å²) in [5.41, 5.74) is 1.40. The smallest absolute Gasteiger partial charge is 0.356 e. The molecule has 0 aliphatic rings. The second kappa shape index (κ2) is 7.58. The van der Waals surface area contributed by atoms with Gasteiger partial charge >= 0.3 is 11.9 Å². The molecular weight excluding hydrogens is 296 g/mol. The SMILES string of the molecule is COC(=O)CC(C)OC(=O)c1cncn1C(C)c1ccccc1. The summed E-state index contributed by atoms with van der Waals surface area (Å²) in [5.74, 6) is -0.932. The van der Waals surface area contributed by atoms with Crippen LogP contribution in [0.3, 0.4) is 0 Å². The molecule has 0 N–H and O–H groups in total. The predicted octanol–water partition coefficient (Wildman–Crippen LogP) is 2.60. The van der Waals surface area contributed by atoms with Crippen LogP contribution in [0.1, 0.15) is 42.4 Å². The number of carbonyl (C=O) groups is 2. The van der Waals surface area contributed by atoms with Crippen molar-refractivity contribution in [1.82, 2.24) is 9.55 Å². The van der Waals surface area contributed by atoms with E-state index >= 15 is 0 Å². The fourth-order valence-electron chi connectivity index (χ4n) is 2.27. The molecule has 6 nitrogen and oxygen atoms in total. The highest BCUT2D eigenvalue weighted by Gasteiger charge is 2.21. The van der Waals surface area contributed by atoms with Gasteiger partial charge in [-0.2, -0.15) is 0 Å². The number of methoxy groups -OCH3 is 1. The van der Waals surface area contributed by atoms with Gasteiger partial charge < -0.3 is 14.0 Å². The van der Waals surface area contributed by atoms with Crippen LogP contribution in [0.25, 0.3) is 0 Å². The normalized spacial score (nSPS) is 13.2. The predicted molar refractivity (Wildman–Crippen MR) is 84.0 cm³/mol. The lowest BCUT2D eigenvalue weighted by molar-refractivity contribution is -0.142. The van der Waals surface area contributed by atoms with Crippen molar-refractivity contribution in [3.8, 4) is 0 Å². The molecule has 6 heteroatoms. The van der Waals surface area contributed by atoms with Crippen LogP contribution in [0.15, 0.2) is 42.9 Å². The number of hydrogen-bond acceptors (Lipinski definition) is 5. The maximum Gasteiger partial charge on any atom is 0.356 e. The Balaban J connectivity index is 2.11. The second-order valence-corrected chi connectivity index (χ2v) is 5.27. The molecule has 1 heterocycles. The molecule has 0 aliphatic carbocycles. The Morgan fingerprint density at radius 2 is 1.91 bits per heavy atom. The van der Waals surface area contributed by atoms with Crippen LogP contribution in [0.2, 0.25) is 0 Å². The summed E-state index contributed by atoms with van der Waals surface area (Å²) in [6, 6.07) is 9.74. The van der Waals surface area contributed by atoms with E-state index in [-0.39, 0.29) is 12.5 Å². The van der Waals surface area contributed by atoms with Crippen molar-refractivity contribution in [2.45, 2.75) is 32.4 Å². The molecule has 0 spiro atoms.